The minimum Gasteiger partial charge on any atom is -0.488 e. The first-order chi connectivity index (χ1) is 18.4. The normalized spacial score (nSPS) is 12.3. The summed E-state index contributed by atoms with van der Waals surface area (Å²) in [6, 6.07) is 29.7. The summed E-state index contributed by atoms with van der Waals surface area (Å²) in [6.45, 7) is 12.7. The topological polar surface area (TPSA) is 52.6 Å². The van der Waals surface area contributed by atoms with Gasteiger partial charge in [-0.25, -0.2) is 8.42 Å². The molecule has 4 aromatic carbocycles. The quantitative estimate of drug-likeness (QED) is 0.200. The van der Waals surface area contributed by atoms with Crippen LogP contribution in [0.2, 0.25) is 0 Å². The smallest absolute Gasteiger partial charge is 0.206 e. The number of benzene rings is 4. The molecule has 0 bridgehead atoms. The molecule has 5 heteroatoms. The summed E-state index contributed by atoms with van der Waals surface area (Å²) < 4.78 is 38.3. The second-order valence-corrected chi connectivity index (χ2v) is 13.1. The molecule has 204 valence electrons. The zero-order chi connectivity index (χ0) is 28.3. The summed E-state index contributed by atoms with van der Waals surface area (Å²) >= 11 is 0. The third kappa shape index (κ3) is 6.72. The first kappa shape index (κ1) is 28.4. The fourth-order valence-electron chi connectivity index (χ4n) is 4.07. The van der Waals surface area contributed by atoms with Crippen molar-refractivity contribution in [3.05, 3.63) is 103 Å². The molecular weight excluding hydrogens is 504 g/mol. The molecule has 39 heavy (non-hydrogen) atoms. The van der Waals surface area contributed by atoms with E-state index in [-0.39, 0.29) is 20.8 Å². The monoisotopic (exact) mass is 542 g/mol. The van der Waals surface area contributed by atoms with Crippen molar-refractivity contribution in [1.82, 2.24) is 0 Å². The van der Waals surface area contributed by atoms with Gasteiger partial charge in [-0.05, 0) is 109 Å². The van der Waals surface area contributed by atoms with Crippen molar-refractivity contribution < 1.29 is 17.9 Å². The third-order valence-electron chi connectivity index (χ3n) is 7.49. The summed E-state index contributed by atoms with van der Waals surface area (Å²) in [5.41, 5.74) is 3.09. The van der Waals surface area contributed by atoms with E-state index < -0.39 is 9.84 Å². The van der Waals surface area contributed by atoms with Crippen LogP contribution in [0, 0.1) is 0 Å². The van der Waals surface area contributed by atoms with E-state index in [1.165, 1.54) is 0 Å². The standard InChI is InChI=1S/C34H38O4S/c1-7-33(3,4)27-13-21-31(22-14-27)39(35,36)32-23-19-29(20-24-32)37-28-15-9-25(10-16-28)26-11-17-30(18-12-26)38-34(5,6)8-2/h9-24H,7-8H2,1-6H3. The predicted molar refractivity (Wildman–Crippen MR) is 159 cm³/mol. The molecule has 0 heterocycles. The van der Waals surface area contributed by atoms with E-state index >= 15 is 0 Å². The Kier molecular flexibility index (Phi) is 8.22. The predicted octanol–water partition coefficient (Wildman–Crippen LogP) is 9.23. The Balaban J connectivity index is 1.42. The number of rotatable bonds is 10. The zero-order valence-corrected chi connectivity index (χ0v) is 24.5. The van der Waals surface area contributed by atoms with Gasteiger partial charge >= 0.3 is 0 Å². The van der Waals surface area contributed by atoms with E-state index in [1.54, 1.807) is 36.4 Å². The van der Waals surface area contributed by atoms with Crippen LogP contribution in [0.15, 0.2) is 107 Å². The van der Waals surface area contributed by atoms with Crippen molar-refractivity contribution in [1.29, 1.82) is 0 Å². The highest BCUT2D eigenvalue weighted by Crippen LogP contribution is 2.31. The Morgan fingerprint density at radius 2 is 0.974 bits per heavy atom. The van der Waals surface area contributed by atoms with Crippen LogP contribution in [0.5, 0.6) is 17.2 Å². The molecule has 0 fully saturated rings. The molecule has 0 saturated heterocycles. The Morgan fingerprint density at radius 3 is 1.41 bits per heavy atom. The first-order valence-electron chi connectivity index (χ1n) is 13.5. The zero-order valence-electron chi connectivity index (χ0n) is 23.7. The highest BCUT2D eigenvalue weighted by atomic mass is 32.2. The molecule has 0 atom stereocenters. The van der Waals surface area contributed by atoms with Gasteiger partial charge in [0.25, 0.3) is 0 Å². The SMILES string of the molecule is CCC(C)(C)Oc1ccc(-c2ccc(Oc3ccc(S(=O)(=O)c4ccc(C(C)(C)CC)cc4)cc3)cc2)cc1. The molecule has 0 spiro atoms. The van der Waals surface area contributed by atoms with Crippen LogP contribution >= 0.6 is 0 Å². The van der Waals surface area contributed by atoms with E-state index in [4.69, 9.17) is 9.47 Å². The minimum atomic E-state index is -3.61. The van der Waals surface area contributed by atoms with Gasteiger partial charge in [0.05, 0.1) is 9.79 Å². The molecule has 0 amide bonds. The molecule has 4 aromatic rings. The summed E-state index contributed by atoms with van der Waals surface area (Å²) in [7, 11) is -3.61. The maximum Gasteiger partial charge on any atom is 0.206 e. The van der Waals surface area contributed by atoms with Gasteiger partial charge in [0, 0.05) is 0 Å². The van der Waals surface area contributed by atoms with E-state index in [0.717, 1.165) is 35.3 Å². The highest BCUT2D eigenvalue weighted by molar-refractivity contribution is 7.91. The molecule has 0 saturated carbocycles. The summed E-state index contributed by atoms with van der Waals surface area (Å²) in [4.78, 5) is 0.526. The molecule has 0 aliphatic heterocycles. The Hall–Kier alpha value is -3.57. The molecule has 0 unspecified atom stereocenters. The Morgan fingerprint density at radius 1 is 0.564 bits per heavy atom. The van der Waals surface area contributed by atoms with Gasteiger partial charge in [-0.3, -0.25) is 0 Å². The number of hydrogen-bond donors (Lipinski definition) is 0. The van der Waals surface area contributed by atoms with Crippen molar-refractivity contribution in [2.45, 2.75) is 75.2 Å². The van der Waals surface area contributed by atoms with Gasteiger partial charge in [-0.2, -0.15) is 0 Å². The molecular formula is C34H38O4S. The minimum absolute atomic E-state index is 0.00473. The lowest BCUT2D eigenvalue weighted by Crippen LogP contribution is -2.26. The summed E-state index contributed by atoms with van der Waals surface area (Å²) in [6.07, 6.45) is 1.91. The number of ether oxygens (including phenoxy) is 2. The van der Waals surface area contributed by atoms with Crippen LogP contribution in [0.1, 0.15) is 59.9 Å². The van der Waals surface area contributed by atoms with Crippen LogP contribution in [0.3, 0.4) is 0 Å². The van der Waals surface area contributed by atoms with Crippen LogP contribution in [0.4, 0.5) is 0 Å². The van der Waals surface area contributed by atoms with Crippen LogP contribution in [-0.4, -0.2) is 14.0 Å². The fourth-order valence-corrected chi connectivity index (χ4v) is 5.33. The van der Waals surface area contributed by atoms with Crippen molar-refractivity contribution >= 4 is 9.84 Å². The lowest BCUT2D eigenvalue weighted by Gasteiger charge is -2.24. The van der Waals surface area contributed by atoms with E-state index in [1.807, 2.05) is 60.7 Å². The van der Waals surface area contributed by atoms with Crippen molar-refractivity contribution in [2.24, 2.45) is 0 Å². The largest absolute Gasteiger partial charge is 0.488 e. The van der Waals surface area contributed by atoms with Gasteiger partial charge in [0.1, 0.15) is 22.8 Å². The molecule has 0 aliphatic carbocycles. The van der Waals surface area contributed by atoms with Gasteiger partial charge in [-0.1, -0.05) is 64.1 Å². The number of sulfone groups is 1. The number of hydrogen-bond acceptors (Lipinski definition) is 4. The molecule has 0 aliphatic rings. The molecule has 0 aromatic heterocycles. The lowest BCUT2D eigenvalue weighted by atomic mass is 9.82. The molecule has 4 rings (SSSR count). The molecule has 0 radical (unpaired) electrons. The van der Waals surface area contributed by atoms with Crippen molar-refractivity contribution in [3.63, 3.8) is 0 Å². The van der Waals surface area contributed by atoms with Gasteiger partial charge < -0.3 is 9.47 Å². The van der Waals surface area contributed by atoms with E-state index in [0.29, 0.717) is 11.5 Å². The van der Waals surface area contributed by atoms with E-state index in [2.05, 4.69) is 41.5 Å². The average molecular weight is 543 g/mol. The fraction of sp³-hybridized carbons (Fsp3) is 0.294. The lowest BCUT2D eigenvalue weighted by molar-refractivity contribution is 0.105. The second-order valence-electron chi connectivity index (χ2n) is 11.1. The van der Waals surface area contributed by atoms with Crippen LogP contribution in [-0.2, 0) is 15.3 Å². The maximum atomic E-state index is 13.2. The first-order valence-corrected chi connectivity index (χ1v) is 14.9. The molecule has 4 nitrogen and oxygen atoms in total. The van der Waals surface area contributed by atoms with Gasteiger partial charge in [0.2, 0.25) is 9.84 Å². The Labute approximate surface area is 233 Å². The summed E-state index contributed by atoms with van der Waals surface area (Å²) in [5, 5.41) is 0. The van der Waals surface area contributed by atoms with Crippen LogP contribution in [0.25, 0.3) is 11.1 Å². The van der Waals surface area contributed by atoms with Gasteiger partial charge in [0.15, 0.2) is 0 Å². The van der Waals surface area contributed by atoms with Crippen molar-refractivity contribution in [3.8, 4) is 28.4 Å². The van der Waals surface area contributed by atoms with Crippen molar-refractivity contribution in [2.75, 3.05) is 0 Å². The maximum absolute atomic E-state index is 13.2. The molecule has 0 N–H and O–H groups in total. The van der Waals surface area contributed by atoms with Gasteiger partial charge in [-0.15, -0.1) is 0 Å². The second kappa shape index (κ2) is 11.3. The summed E-state index contributed by atoms with van der Waals surface area (Å²) in [5.74, 6) is 2.10. The average Bonchev–Trinajstić information content (AvgIpc) is 2.94. The third-order valence-corrected chi connectivity index (χ3v) is 9.27. The van der Waals surface area contributed by atoms with E-state index in [9.17, 15) is 8.42 Å². The van der Waals surface area contributed by atoms with Crippen LogP contribution < -0.4 is 9.47 Å². The Bertz CT molecular complexity index is 1480. The highest BCUT2D eigenvalue weighted by Gasteiger charge is 2.21.